The van der Waals surface area contributed by atoms with Gasteiger partial charge in [-0.15, -0.1) is 6.58 Å². The van der Waals surface area contributed by atoms with E-state index in [0.717, 1.165) is 17.3 Å². The molecule has 15 heavy (non-hydrogen) atoms. The zero-order valence-electron chi connectivity index (χ0n) is 9.09. The number of halogens is 1. The quantitative estimate of drug-likeness (QED) is 0.346. The molecule has 1 aliphatic heterocycles. The fourth-order valence-electron chi connectivity index (χ4n) is 3.06. The average molecular weight is 320 g/mol. The fourth-order valence-corrected chi connectivity index (χ4v) is 4.46. The van der Waals surface area contributed by atoms with Crippen molar-refractivity contribution in [3.05, 3.63) is 12.2 Å². The Morgan fingerprint density at radius 2 is 2.40 bits per heavy atom. The van der Waals surface area contributed by atoms with Gasteiger partial charge >= 0.3 is 5.97 Å². The van der Waals surface area contributed by atoms with E-state index in [1.165, 1.54) is 12.0 Å². The summed E-state index contributed by atoms with van der Waals surface area (Å²) in [5.74, 6) is 0.970. The van der Waals surface area contributed by atoms with E-state index in [1.807, 2.05) is 0 Å². The highest BCUT2D eigenvalue weighted by molar-refractivity contribution is 14.1. The molecule has 84 valence electrons. The smallest absolute Gasteiger partial charge is 0.306 e. The van der Waals surface area contributed by atoms with E-state index < -0.39 is 0 Å². The molecule has 3 atom stereocenters. The van der Waals surface area contributed by atoms with Crippen LogP contribution in [0.25, 0.3) is 0 Å². The van der Waals surface area contributed by atoms with Crippen LogP contribution >= 0.6 is 22.6 Å². The minimum Gasteiger partial charge on any atom is -0.458 e. The minimum atomic E-state index is -0.156. The zero-order chi connectivity index (χ0) is 11.1. The largest absolute Gasteiger partial charge is 0.458 e. The van der Waals surface area contributed by atoms with E-state index >= 15 is 0 Å². The fraction of sp³-hybridized carbons (Fsp3) is 0.750. The molecule has 2 nitrogen and oxygen atoms in total. The molecule has 0 aromatic heterocycles. The zero-order valence-corrected chi connectivity index (χ0v) is 11.2. The SMILES string of the molecule is C=C(C)C[C@H]1CC[C@H]2CC(=O)O[C@@]12CI. The van der Waals surface area contributed by atoms with Gasteiger partial charge in [-0.3, -0.25) is 4.79 Å². The van der Waals surface area contributed by atoms with E-state index in [1.54, 1.807) is 0 Å². The molecule has 2 aliphatic rings. The number of carbonyl (C=O) groups is 1. The lowest BCUT2D eigenvalue weighted by Crippen LogP contribution is -2.40. The van der Waals surface area contributed by atoms with Crippen LogP contribution in [0.1, 0.15) is 32.6 Å². The number of allylic oxidation sites excluding steroid dienone is 1. The van der Waals surface area contributed by atoms with E-state index in [2.05, 4.69) is 36.1 Å². The van der Waals surface area contributed by atoms with E-state index in [4.69, 9.17) is 4.74 Å². The lowest BCUT2D eigenvalue weighted by molar-refractivity contribution is -0.150. The third-order valence-electron chi connectivity index (χ3n) is 3.77. The van der Waals surface area contributed by atoms with Crippen LogP contribution in [0.15, 0.2) is 12.2 Å². The summed E-state index contributed by atoms with van der Waals surface area (Å²) in [5.41, 5.74) is 1.05. The molecule has 1 saturated heterocycles. The van der Waals surface area contributed by atoms with Crippen LogP contribution in [-0.2, 0) is 9.53 Å². The molecule has 1 saturated carbocycles. The monoisotopic (exact) mass is 320 g/mol. The first-order valence-corrected chi connectivity index (χ1v) is 7.03. The van der Waals surface area contributed by atoms with Crippen molar-refractivity contribution in [2.24, 2.45) is 11.8 Å². The van der Waals surface area contributed by atoms with Crippen LogP contribution in [-0.4, -0.2) is 16.0 Å². The first-order chi connectivity index (χ1) is 7.08. The summed E-state index contributed by atoms with van der Waals surface area (Å²) in [5, 5.41) is 0. The van der Waals surface area contributed by atoms with E-state index in [-0.39, 0.29) is 11.6 Å². The number of carbonyl (C=O) groups excluding carboxylic acids is 1. The van der Waals surface area contributed by atoms with Gasteiger partial charge in [-0.2, -0.15) is 0 Å². The second-order valence-corrected chi connectivity index (χ2v) is 5.66. The van der Waals surface area contributed by atoms with Gasteiger partial charge < -0.3 is 4.74 Å². The van der Waals surface area contributed by atoms with Gasteiger partial charge in [0.05, 0.1) is 6.42 Å². The van der Waals surface area contributed by atoms with Crippen LogP contribution in [0.4, 0.5) is 0 Å². The molecule has 2 fully saturated rings. The summed E-state index contributed by atoms with van der Waals surface area (Å²) in [6.45, 7) is 6.03. The van der Waals surface area contributed by atoms with Crippen molar-refractivity contribution in [1.82, 2.24) is 0 Å². The first-order valence-electron chi connectivity index (χ1n) is 5.50. The molecule has 2 rings (SSSR count). The number of ether oxygens (including phenoxy) is 1. The van der Waals surface area contributed by atoms with Crippen LogP contribution in [0, 0.1) is 11.8 Å². The highest BCUT2D eigenvalue weighted by Crippen LogP contribution is 2.52. The number of alkyl halides is 1. The molecule has 1 heterocycles. The maximum atomic E-state index is 11.4. The Labute approximate surface area is 105 Å². The predicted octanol–water partition coefficient (Wildman–Crippen LogP) is 3.10. The summed E-state index contributed by atoms with van der Waals surface area (Å²) >= 11 is 2.36. The molecule has 0 amide bonds. The van der Waals surface area contributed by atoms with Gasteiger partial charge in [-0.25, -0.2) is 0 Å². The molecular weight excluding hydrogens is 303 g/mol. The summed E-state index contributed by atoms with van der Waals surface area (Å²) in [6.07, 6.45) is 3.98. The van der Waals surface area contributed by atoms with Crippen LogP contribution < -0.4 is 0 Å². The van der Waals surface area contributed by atoms with Crippen LogP contribution in [0.2, 0.25) is 0 Å². The van der Waals surface area contributed by atoms with Crippen molar-refractivity contribution in [1.29, 1.82) is 0 Å². The molecule has 0 spiro atoms. The topological polar surface area (TPSA) is 26.3 Å². The van der Waals surface area contributed by atoms with Crippen molar-refractivity contribution in [3.8, 4) is 0 Å². The van der Waals surface area contributed by atoms with E-state index in [9.17, 15) is 4.79 Å². The molecule has 1 aliphatic carbocycles. The van der Waals surface area contributed by atoms with Crippen molar-refractivity contribution in [2.75, 3.05) is 4.43 Å². The second kappa shape index (κ2) is 4.07. The highest BCUT2D eigenvalue weighted by atomic mass is 127. The number of esters is 1. The third kappa shape index (κ3) is 1.83. The lowest BCUT2D eigenvalue weighted by atomic mass is 9.83. The molecule has 3 heteroatoms. The highest BCUT2D eigenvalue weighted by Gasteiger charge is 2.56. The minimum absolute atomic E-state index is 0.00285. The van der Waals surface area contributed by atoms with Crippen molar-refractivity contribution < 1.29 is 9.53 Å². The summed E-state index contributed by atoms with van der Waals surface area (Å²) in [6, 6.07) is 0. The number of hydrogen-bond donors (Lipinski definition) is 0. The van der Waals surface area contributed by atoms with Gasteiger partial charge in [0.15, 0.2) is 0 Å². The van der Waals surface area contributed by atoms with Crippen LogP contribution in [0.5, 0.6) is 0 Å². The third-order valence-corrected chi connectivity index (χ3v) is 4.96. The van der Waals surface area contributed by atoms with Gasteiger partial charge in [0.1, 0.15) is 5.60 Å². The molecule has 0 bridgehead atoms. The molecular formula is C12H17IO2. The van der Waals surface area contributed by atoms with Gasteiger partial charge in [-0.1, -0.05) is 28.2 Å². The Morgan fingerprint density at radius 3 is 3.00 bits per heavy atom. The lowest BCUT2D eigenvalue weighted by Gasteiger charge is -2.32. The first kappa shape index (κ1) is 11.4. The summed E-state index contributed by atoms with van der Waals surface area (Å²) in [7, 11) is 0. The Morgan fingerprint density at radius 1 is 1.67 bits per heavy atom. The van der Waals surface area contributed by atoms with Gasteiger partial charge in [0.2, 0.25) is 0 Å². The second-order valence-electron chi connectivity index (χ2n) is 4.90. The molecule has 0 aromatic carbocycles. The summed E-state index contributed by atoms with van der Waals surface area (Å²) in [4.78, 5) is 11.4. The standard InChI is InChI=1S/C12H17IO2/c1-8(2)5-9-3-4-10-6-11(14)15-12(9,10)7-13/h9-10H,1,3-7H2,2H3/t9-,10+,12+/m1/s1. The number of fused-ring (bicyclic) bond motifs is 1. The summed E-state index contributed by atoms with van der Waals surface area (Å²) < 4.78 is 6.58. The predicted molar refractivity (Wildman–Crippen MR) is 68.0 cm³/mol. The normalized spacial score (nSPS) is 38.9. The van der Waals surface area contributed by atoms with Gasteiger partial charge in [-0.05, 0) is 26.2 Å². The van der Waals surface area contributed by atoms with Crippen LogP contribution in [0.3, 0.4) is 0 Å². The van der Waals surface area contributed by atoms with Gasteiger partial charge in [0.25, 0.3) is 0 Å². The molecule has 0 radical (unpaired) electrons. The van der Waals surface area contributed by atoms with Crippen molar-refractivity contribution >= 4 is 28.6 Å². The van der Waals surface area contributed by atoms with Gasteiger partial charge in [0, 0.05) is 16.3 Å². The Bertz CT molecular complexity index is 300. The molecule has 0 N–H and O–H groups in total. The maximum Gasteiger partial charge on any atom is 0.306 e. The Hall–Kier alpha value is -0.0600. The number of rotatable bonds is 3. The average Bonchev–Trinajstić information content (AvgIpc) is 2.62. The van der Waals surface area contributed by atoms with Crippen molar-refractivity contribution in [2.45, 2.75) is 38.2 Å². The molecule has 0 aromatic rings. The maximum absolute atomic E-state index is 11.4. The van der Waals surface area contributed by atoms with E-state index in [0.29, 0.717) is 18.3 Å². The Balaban J connectivity index is 2.20. The molecule has 0 unspecified atom stereocenters. The Kier molecular flexibility index (Phi) is 3.10. The van der Waals surface area contributed by atoms with Crippen molar-refractivity contribution in [3.63, 3.8) is 0 Å². The number of hydrogen-bond acceptors (Lipinski definition) is 2.